The second-order valence-corrected chi connectivity index (χ2v) is 5.52. The molecule has 0 radical (unpaired) electrons. The van der Waals surface area contributed by atoms with E-state index in [0.29, 0.717) is 23.7 Å². The normalized spacial score (nSPS) is 41.7. The molecule has 5 atom stereocenters. The first-order valence-electron chi connectivity index (χ1n) is 6.48. The fraction of sp³-hybridized carbons (Fsp3) is 0.375. The van der Waals surface area contributed by atoms with Crippen LogP contribution in [0, 0.1) is 23.7 Å². The molecule has 1 N–H and O–H groups in total. The Morgan fingerprint density at radius 2 is 1.88 bits per heavy atom. The number of hydrogen-bond acceptors (Lipinski definition) is 1. The van der Waals surface area contributed by atoms with E-state index in [2.05, 4.69) is 42.5 Å². The fourth-order valence-corrected chi connectivity index (χ4v) is 4.06. The Hall–Kier alpha value is -1.34. The van der Waals surface area contributed by atoms with Crippen LogP contribution in [0.5, 0.6) is 0 Å². The van der Waals surface area contributed by atoms with E-state index in [1.807, 2.05) is 6.07 Å². The van der Waals surface area contributed by atoms with Crippen molar-refractivity contribution in [1.82, 2.24) is 0 Å². The van der Waals surface area contributed by atoms with Gasteiger partial charge in [0, 0.05) is 5.92 Å². The first kappa shape index (κ1) is 9.67. The number of allylic oxidation sites excluding steroid dienone is 3. The molecule has 86 valence electrons. The van der Waals surface area contributed by atoms with Crippen LogP contribution < -0.4 is 0 Å². The Morgan fingerprint density at radius 3 is 2.71 bits per heavy atom. The van der Waals surface area contributed by atoms with E-state index < -0.39 is 0 Å². The van der Waals surface area contributed by atoms with Gasteiger partial charge in [0.05, 0.1) is 6.10 Å². The zero-order chi connectivity index (χ0) is 11.4. The molecule has 0 amide bonds. The third-order valence-electron chi connectivity index (χ3n) is 4.70. The Kier molecular flexibility index (Phi) is 1.89. The van der Waals surface area contributed by atoms with Gasteiger partial charge in [-0.15, -0.1) is 0 Å². The Bertz CT molecular complexity index is 500. The van der Waals surface area contributed by atoms with Crippen molar-refractivity contribution >= 4 is 5.57 Å². The van der Waals surface area contributed by atoms with Gasteiger partial charge < -0.3 is 5.11 Å². The minimum Gasteiger partial charge on any atom is -0.392 e. The lowest BCUT2D eigenvalue weighted by atomic mass is 9.86. The van der Waals surface area contributed by atoms with Crippen molar-refractivity contribution < 1.29 is 5.11 Å². The molecule has 5 unspecified atom stereocenters. The molecule has 1 aromatic carbocycles. The van der Waals surface area contributed by atoms with Crippen molar-refractivity contribution in [3.05, 3.63) is 54.1 Å². The Morgan fingerprint density at radius 1 is 1.06 bits per heavy atom. The molecule has 0 aliphatic heterocycles. The molecule has 3 aliphatic rings. The molecule has 1 heteroatoms. The van der Waals surface area contributed by atoms with E-state index in [-0.39, 0.29) is 6.10 Å². The highest BCUT2D eigenvalue weighted by atomic mass is 16.3. The Balaban J connectivity index is 1.80. The molecule has 4 rings (SSSR count). The topological polar surface area (TPSA) is 20.2 Å². The van der Waals surface area contributed by atoms with Gasteiger partial charge in [0.2, 0.25) is 0 Å². The lowest BCUT2D eigenvalue weighted by molar-refractivity contribution is 0.146. The van der Waals surface area contributed by atoms with Crippen LogP contribution in [0.4, 0.5) is 0 Å². The standard InChI is InChI=1S/C16H16O/c17-14-9-12-7-6-11-8-13(16(14)15(11)12)10-4-2-1-3-5-10/h1-8,11-12,14-17H,9H2. The minimum atomic E-state index is -0.147. The molecule has 17 heavy (non-hydrogen) atoms. The van der Waals surface area contributed by atoms with Crippen molar-refractivity contribution in [2.75, 3.05) is 0 Å². The van der Waals surface area contributed by atoms with E-state index in [4.69, 9.17) is 0 Å². The average molecular weight is 224 g/mol. The summed E-state index contributed by atoms with van der Waals surface area (Å²) in [5, 5.41) is 10.3. The summed E-state index contributed by atoms with van der Waals surface area (Å²) in [6.07, 6.45) is 7.84. The van der Waals surface area contributed by atoms with Gasteiger partial charge in [-0.25, -0.2) is 0 Å². The van der Waals surface area contributed by atoms with E-state index in [1.165, 1.54) is 11.1 Å². The third kappa shape index (κ3) is 1.23. The van der Waals surface area contributed by atoms with Crippen molar-refractivity contribution in [3.8, 4) is 0 Å². The summed E-state index contributed by atoms with van der Waals surface area (Å²) in [5.41, 5.74) is 2.67. The molecule has 1 saturated carbocycles. The Labute approximate surface area is 101 Å². The predicted molar refractivity (Wildman–Crippen MR) is 68.1 cm³/mol. The van der Waals surface area contributed by atoms with Gasteiger partial charge in [0.15, 0.2) is 0 Å². The van der Waals surface area contributed by atoms with Gasteiger partial charge in [-0.3, -0.25) is 0 Å². The number of benzene rings is 1. The van der Waals surface area contributed by atoms with Crippen LogP contribution in [0.15, 0.2) is 48.6 Å². The predicted octanol–water partition coefficient (Wildman–Crippen LogP) is 2.88. The van der Waals surface area contributed by atoms with E-state index in [1.54, 1.807) is 0 Å². The maximum absolute atomic E-state index is 10.3. The van der Waals surface area contributed by atoms with Crippen molar-refractivity contribution in [2.45, 2.75) is 12.5 Å². The number of hydrogen-bond donors (Lipinski definition) is 1. The number of aliphatic hydroxyl groups is 1. The van der Waals surface area contributed by atoms with Crippen LogP contribution in [0.1, 0.15) is 12.0 Å². The SMILES string of the molecule is OC1CC2C=CC3C=C(c4ccccc4)C1C32. The summed E-state index contributed by atoms with van der Waals surface area (Å²) in [4.78, 5) is 0. The van der Waals surface area contributed by atoms with Crippen LogP contribution in [0.3, 0.4) is 0 Å². The third-order valence-corrected chi connectivity index (χ3v) is 4.70. The molecular formula is C16H16O. The molecule has 0 aromatic heterocycles. The highest BCUT2D eigenvalue weighted by molar-refractivity contribution is 5.72. The lowest BCUT2D eigenvalue weighted by Crippen LogP contribution is -2.18. The number of aliphatic hydroxyl groups excluding tert-OH is 1. The van der Waals surface area contributed by atoms with Crippen molar-refractivity contribution in [3.63, 3.8) is 0 Å². The molecule has 0 spiro atoms. The highest BCUT2D eigenvalue weighted by Crippen LogP contribution is 2.57. The largest absolute Gasteiger partial charge is 0.392 e. The molecule has 1 nitrogen and oxygen atoms in total. The van der Waals surface area contributed by atoms with Gasteiger partial charge in [-0.2, -0.15) is 0 Å². The lowest BCUT2D eigenvalue weighted by Gasteiger charge is -2.19. The zero-order valence-corrected chi connectivity index (χ0v) is 9.66. The molecule has 1 aromatic rings. The maximum atomic E-state index is 10.3. The second kappa shape index (κ2) is 3.33. The first-order valence-corrected chi connectivity index (χ1v) is 6.48. The quantitative estimate of drug-likeness (QED) is 0.727. The minimum absolute atomic E-state index is 0.147. The summed E-state index contributed by atoms with van der Waals surface area (Å²) in [5.74, 6) is 2.18. The molecular weight excluding hydrogens is 208 g/mol. The molecule has 1 fully saturated rings. The summed E-state index contributed by atoms with van der Waals surface area (Å²) in [6.45, 7) is 0. The average Bonchev–Trinajstić information content (AvgIpc) is 2.98. The van der Waals surface area contributed by atoms with Crippen LogP contribution in [0.25, 0.3) is 5.57 Å². The monoisotopic (exact) mass is 224 g/mol. The summed E-state index contributed by atoms with van der Waals surface area (Å²) < 4.78 is 0. The highest BCUT2D eigenvalue weighted by Gasteiger charge is 2.51. The van der Waals surface area contributed by atoms with Crippen LogP contribution >= 0.6 is 0 Å². The van der Waals surface area contributed by atoms with Crippen LogP contribution in [-0.4, -0.2) is 11.2 Å². The summed E-state index contributed by atoms with van der Waals surface area (Å²) >= 11 is 0. The van der Waals surface area contributed by atoms with Gasteiger partial charge in [-0.1, -0.05) is 48.6 Å². The zero-order valence-electron chi connectivity index (χ0n) is 9.66. The van der Waals surface area contributed by atoms with Crippen molar-refractivity contribution in [2.24, 2.45) is 23.7 Å². The van der Waals surface area contributed by atoms with Gasteiger partial charge in [0.25, 0.3) is 0 Å². The van der Waals surface area contributed by atoms with Crippen molar-refractivity contribution in [1.29, 1.82) is 0 Å². The van der Waals surface area contributed by atoms with Crippen LogP contribution in [0.2, 0.25) is 0 Å². The maximum Gasteiger partial charge on any atom is 0.0617 e. The van der Waals surface area contributed by atoms with E-state index >= 15 is 0 Å². The van der Waals surface area contributed by atoms with Crippen LogP contribution in [-0.2, 0) is 0 Å². The summed E-state index contributed by atoms with van der Waals surface area (Å²) in [7, 11) is 0. The smallest absolute Gasteiger partial charge is 0.0617 e. The van der Waals surface area contributed by atoms with Gasteiger partial charge >= 0.3 is 0 Å². The first-order chi connectivity index (χ1) is 8.34. The van der Waals surface area contributed by atoms with Gasteiger partial charge in [0.1, 0.15) is 0 Å². The molecule has 0 bridgehead atoms. The van der Waals surface area contributed by atoms with Gasteiger partial charge in [-0.05, 0) is 35.3 Å². The molecule has 0 saturated heterocycles. The second-order valence-electron chi connectivity index (χ2n) is 5.52. The van der Waals surface area contributed by atoms with E-state index in [0.717, 1.165) is 6.42 Å². The van der Waals surface area contributed by atoms with E-state index in [9.17, 15) is 5.11 Å². The molecule has 3 aliphatic carbocycles. The number of rotatable bonds is 1. The fourth-order valence-electron chi connectivity index (χ4n) is 4.06. The molecule has 0 heterocycles. The summed E-state index contributed by atoms with van der Waals surface area (Å²) in [6, 6.07) is 10.5.